The second kappa shape index (κ2) is 5.62. The first-order chi connectivity index (χ1) is 12.4. The van der Waals surface area contributed by atoms with Crippen LogP contribution in [0.15, 0.2) is 12.3 Å². The SMILES string of the molecule is N#Cc1c(C(F)(F)F)nc2cc[nH]c2c1N1CCC2(CCNC2=O)CC1. The number of hydrogen-bond donors (Lipinski definition) is 2. The first-order valence-electron chi connectivity index (χ1n) is 8.37. The number of aromatic nitrogens is 2. The number of amides is 1. The van der Waals surface area contributed by atoms with Crippen LogP contribution in [0.1, 0.15) is 30.5 Å². The molecule has 0 aromatic carbocycles. The molecule has 26 heavy (non-hydrogen) atoms. The molecule has 1 amide bonds. The van der Waals surface area contributed by atoms with Crippen molar-refractivity contribution in [1.29, 1.82) is 5.26 Å². The summed E-state index contributed by atoms with van der Waals surface area (Å²) in [5, 5.41) is 12.3. The number of carbonyl (C=O) groups is 1. The highest BCUT2D eigenvalue weighted by atomic mass is 19.4. The number of alkyl halides is 3. The van der Waals surface area contributed by atoms with Crippen LogP contribution in [0.3, 0.4) is 0 Å². The molecule has 9 heteroatoms. The molecular weight excluding hydrogens is 347 g/mol. The average Bonchev–Trinajstić information content (AvgIpc) is 3.21. The zero-order valence-corrected chi connectivity index (χ0v) is 13.8. The van der Waals surface area contributed by atoms with Crippen LogP contribution in [0.2, 0.25) is 0 Å². The lowest BCUT2D eigenvalue weighted by Gasteiger charge is -2.39. The summed E-state index contributed by atoms with van der Waals surface area (Å²) in [6, 6.07) is 3.16. The number of nitriles is 1. The molecule has 0 aliphatic carbocycles. The maximum Gasteiger partial charge on any atom is 0.434 e. The average molecular weight is 363 g/mol. The fourth-order valence-electron chi connectivity index (χ4n) is 4.04. The third-order valence-corrected chi connectivity index (χ3v) is 5.46. The molecule has 6 nitrogen and oxygen atoms in total. The van der Waals surface area contributed by atoms with Gasteiger partial charge in [-0.3, -0.25) is 4.79 Å². The first-order valence-corrected chi connectivity index (χ1v) is 8.37. The molecular formula is C17H16F3N5O. The number of piperidine rings is 1. The van der Waals surface area contributed by atoms with Gasteiger partial charge in [-0.05, 0) is 25.3 Å². The number of nitrogens with one attached hydrogen (secondary N) is 2. The zero-order valence-electron chi connectivity index (χ0n) is 13.8. The minimum absolute atomic E-state index is 0.0217. The van der Waals surface area contributed by atoms with Crippen molar-refractivity contribution in [1.82, 2.24) is 15.3 Å². The number of fused-ring (bicyclic) bond motifs is 1. The summed E-state index contributed by atoms with van der Waals surface area (Å²) in [4.78, 5) is 20.4. The van der Waals surface area contributed by atoms with Crippen LogP contribution in [-0.4, -0.2) is 35.5 Å². The Morgan fingerprint density at radius 2 is 2.00 bits per heavy atom. The van der Waals surface area contributed by atoms with Gasteiger partial charge in [-0.2, -0.15) is 18.4 Å². The van der Waals surface area contributed by atoms with Gasteiger partial charge in [0.05, 0.1) is 22.1 Å². The Hall–Kier alpha value is -2.76. The van der Waals surface area contributed by atoms with E-state index >= 15 is 0 Å². The normalized spacial score (nSPS) is 19.8. The number of pyridine rings is 1. The van der Waals surface area contributed by atoms with Crippen molar-refractivity contribution in [2.24, 2.45) is 5.41 Å². The highest BCUT2D eigenvalue weighted by molar-refractivity contribution is 5.93. The Kier molecular flexibility index (Phi) is 3.61. The second-order valence-corrected chi connectivity index (χ2v) is 6.80. The van der Waals surface area contributed by atoms with Crippen LogP contribution in [0.25, 0.3) is 11.0 Å². The van der Waals surface area contributed by atoms with Crippen molar-refractivity contribution >= 4 is 22.6 Å². The lowest BCUT2D eigenvalue weighted by atomic mass is 9.77. The van der Waals surface area contributed by atoms with E-state index in [1.807, 2.05) is 0 Å². The fraction of sp³-hybridized carbons (Fsp3) is 0.471. The summed E-state index contributed by atoms with van der Waals surface area (Å²) >= 11 is 0. The smallest absolute Gasteiger partial charge is 0.369 e. The van der Waals surface area contributed by atoms with Gasteiger partial charge in [-0.25, -0.2) is 4.98 Å². The molecule has 1 spiro atoms. The summed E-state index contributed by atoms with van der Waals surface area (Å²) in [6.07, 6.45) is -1.36. The number of halogens is 3. The first kappa shape index (κ1) is 16.7. The van der Waals surface area contributed by atoms with Crippen molar-refractivity contribution in [3.63, 3.8) is 0 Å². The molecule has 2 N–H and O–H groups in total. The number of H-pyrrole nitrogens is 1. The highest BCUT2D eigenvalue weighted by Gasteiger charge is 2.45. The molecule has 0 bridgehead atoms. The Labute approximate surface area is 147 Å². The van der Waals surface area contributed by atoms with Gasteiger partial charge in [-0.1, -0.05) is 0 Å². The minimum Gasteiger partial charge on any atom is -0.369 e. The maximum absolute atomic E-state index is 13.4. The van der Waals surface area contributed by atoms with Crippen LogP contribution in [0.4, 0.5) is 18.9 Å². The topological polar surface area (TPSA) is 84.8 Å². The quantitative estimate of drug-likeness (QED) is 0.816. The van der Waals surface area contributed by atoms with Gasteiger partial charge in [0.2, 0.25) is 5.91 Å². The summed E-state index contributed by atoms with van der Waals surface area (Å²) in [7, 11) is 0. The fourth-order valence-corrected chi connectivity index (χ4v) is 4.04. The molecule has 2 aromatic rings. The largest absolute Gasteiger partial charge is 0.434 e. The molecule has 0 saturated carbocycles. The molecule has 0 atom stereocenters. The van der Waals surface area contributed by atoms with Crippen LogP contribution in [0, 0.1) is 16.7 Å². The third-order valence-electron chi connectivity index (χ3n) is 5.46. The summed E-state index contributed by atoms with van der Waals surface area (Å²) in [5.41, 5.74) is -1.26. The van der Waals surface area contributed by atoms with E-state index < -0.39 is 22.8 Å². The second-order valence-electron chi connectivity index (χ2n) is 6.80. The lowest BCUT2D eigenvalue weighted by molar-refractivity contribution is -0.141. The van der Waals surface area contributed by atoms with Gasteiger partial charge >= 0.3 is 6.18 Å². The van der Waals surface area contributed by atoms with Crippen LogP contribution in [-0.2, 0) is 11.0 Å². The van der Waals surface area contributed by atoms with Gasteiger partial charge < -0.3 is 15.2 Å². The van der Waals surface area contributed by atoms with Crippen molar-refractivity contribution < 1.29 is 18.0 Å². The Morgan fingerprint density at radius 1 is 1.27 bits per heavy atom. The molecule has 0 unspecified atom stereocenters. The molecule has 2 aromatic heterocycles. The molecule has 0 radical (unpaired) electrons. The molecule has 2 saturated heterocycles. The van der Waals surface area contributed by atoms with E-state index in [1.165, 1.54) is 12.3 Å². The lowest BCUT2D eigenvalue weighted by Crippen LogP contribution is -2.44. The summed E-state index contributed by atoms with van der Waals surface area (Å²) in [5.74, 6) is 0.0217. The molecule has 2 aliphatic rings. The number of hydrogen-bond acceptors (Lipinski definition) is 4. The third kappa shape index (κ3) is 2.40. The highest BCUT2D eigenvalue weighted by Crippen LogP contribution is 2.43. The van der Waals surface area contributed by atoms with Crippen molar-refractivity contribution in [3.8, 4) is 6.07 Å². The van der Waals surface area contributed by atoms with E-state index in [-0.39, 0.29) is 17.1 Å². The summed E-state index contributed by atoms with van der Waals surface area (Å²) < 4.78 is 40.2. The predicted molar refractivity (Wildman–Crippen MR) is 87.3 cm³/mol. The van der Waals surface area contributed by atoms with Gasteiger partial charge in [0.1, 0.15) is 11.6 Å². The monoisotopic (exact) mass is 363 g/mol. The Bertz CT molecular complexity index is 919. The van der Waals surface area contributed by atoms with Gasteiger partial charge in [0.25, 0.3) is 0 Å². The molecule has 136 valence electrons. The number of nitrogens with zero attached hydrogens (tertiary/aromatic N) is 3. The van der Waals surface area contributed by atoms with E-state index in [0.717, 1.165) is 6.42 Å². The number of anilines is 1. The number of rotatable bonds is 1. The van der Waals surface area contributed by atoms with Gasteiger partial charge in [-0.15, -0.1) is 0 Å². The van der Waals surface area contributed by atoms with E-state index in [4.69, 9.17) is 0 Å². The van der Waals surface area contributed by atoms with E-state index in [1.54, 1.807) is 11.0 Å². The zero-order chi connectivity index (χ0) is 18.5. The van der Waals surface area contributed by atoms with Crippen LogP contribution in [0.5, 0.6) is 0 Å². The standard InChI is InChI=1S/C17H16F3N5O/c18-17(19,20)14-10(9-21)13(12-11(24-14)1-5-22-12)25-7-3-16(4-8-25)2-6-23-15(16)26/h1,5,22H,2-4,6-8H2,(H,23,26). The predicted octanol–water partition coefficient (Wildman–Crippen LogP) is 2.56. The van der Waals surface area contributed by atoms with Crippen LogP contribution < -0.4 is 10.2 Å². The molecule has 2 aliphatic heterocycles. The van der Waals surface area contributed by atoms with Crippen LogP contribution >= 0.6 is 0 Å². The van der Waals surface area contributed by atoms with Gasteiger partial charge in [0.15, 0.2) is 5.69 Å². The number of carbonyl (C=O) groups excluding carboxylic acids is 1. The van der Waals surface area contributed by atoms with E-state index in [0.29, 0.717) is 38.0 Å². The molecule has 4 heterocycles. The summed E-state index contributed by atoms with van der Waals surface area (Å²) in [6.45, 7) is 1.46. The van der Waals surface area contributed by atoms with E-state index in [9.17, 15) is 23.2 Å². The molecule has 2 fully saturated rings. The Morgan fingerprint density at radius 3 is 2.58 bits per heavy atom. The maximum atomic E-state index is 13.4. The minimum atomic E-state index is -4.71. The molecule has 4 rings (SSSR count). The van der Waals surface area contributed by atoms with Crippen molar-refractivity contribution in [2.45, 2.75) is 25.4 Å². The Balaban J connectivity index is 1.78. The van der Waals surface area contributed by atoms with E-state index in [2.05, 4.69) is 15.3 Å². The van der Waals surface area contributed by atoms with Crippen molar-refractivity contribution in [3.05, 3.63) is 23.5 Å². The number of aromatic amines is 1. The van der Waals surface area contributed by atoms with Gasteiger partial charge in [0, 0.05) is 25.8 Å². The van der Waals surface area contributed by atoms with Crippen molar-refractivity contribution in [2.75, 3.05) is 24.5 Å².